The van der Waals surface area contributed by atoms with Crippen LogP contribution < -0.4 is 15.4 Å². The molecule has 2 aliphatic rings. The highest BCUT2D eigenvalue weighted by molar-refractivity contribution is 6.34. The van der Waals surface area contributed by atoms with Crippen LogP contribution in [0.2, 0.25) is 5.02 Å². The molecule has 0 bridgehead atoms. The normalized spacial score (nSPS) is 16.9. The van der Waals surface area contributed by atoms with Gasteiger partial charge in [0.2, 0.25) is 11.7 Å². The first-order valence-corrected chi connectivity index (χ1v) is 14.3. The van der Waals surface area contributed by atoms with Crippen molar-refractivity contribution in [2.45, 2.75) is 18.9 Å². The number of nitrogens with zero attached hydrogens (tertiary/aromatic N) is 4. The van der Waals surface area contributed by atoms with Gasteiger partial charge in [-0.25, -0.2) is 9.37 Å². The van der Waals surface area contributed by atoms with Gasteiger partial charge in [0.1, 0.15) is 0 Å². The van der Waals surface area contributed by atoms with Crippen molar-refractivity contribution in [3.8, 4) is 17.0 Å². The molecule has 5 rings (SSSR count). The van der Waals surface area contributed by atoms with E-state index in [1.54, 1.807) is 11.0 Å². The Labute approximate surface area is 253 Å². The van der Waals surface area contributed by atoms with Crippen molar-refractivity contribution in [2.75, 3.05) is 52.7 Å². The highest BCUT2D eigenvalue weighted by Crippen LogP contribution is 2.30. The number of carbonyl (C=O) groups excluding carboxylic acids is 3. The number of hydrogen-bond acceptors (Lipinski definition) is 5. The number of rotatable bonds is 7. The second-order valence-electron chi connectivity index (χ2n) is 11.7. The van der Waals surface area contributed by atoms with Crippen LogP contribution in [0, 0.1) is 17.6 Å². The van der Waals surface area contributed by atoms with Crippen LogP contribution in [0.3, 0.4) is 0 Å². The van der Waals surface area contributed by atoms with Gasteiger partial charge in [-0.3, -0.25) is 14.4 Å². The van der Waals surface area contributed by atoms with Crippen LogP contribution in [0.15, 0.2) is 36.5 Å². The molecule has 0 radical (unpaired) electrons. The molecule has 0 unspecified atom stereocenters. The lowest BCUT2D eigenvalue weighted by Gasteiger charge is -2.41. The van der Waals surface area contributed by atoms with Gasteiger partial charge in [0, 0.05) is 50.1 Å². The van der Waals surface area contributed by atoms with Gasteiger partial charge in [-0.15, -0.1) is 0 Å². The lowest BCUT2D eigenvalue weighted by Crippen LogP contribution is -2.62. The summed E-state index contributed by atoms with van der Waals surface area (Å²) in [6.45, 7) is 2.73. The monoisotopic (exact) mass is 615 g/mol. The molecule has 3 heterocycles. The molecule has 2 aliphatic heterocycles. The second kappa shape index (κ2) is 11.9. The largest absolute Gasteiger partial charge is 0.494 e. The Balaban J connectivity index is 1.18. The standard InChI is InChI=1S/C30H33ClF2N6O4/c1-37-23(21-7-8-24(43-4)26(33)25(21)32)14-34-27(37)29(41)35-18-5-6-20(22(31)13-18)30(42)38-15-19(16-38)36-28(40)17-9-11-39(2,3)12-10-17/h5-8,13-14,17,19H,9-12,15-16H2,1-4H3,(H-,35,36,40,41,42)/p+1. The van der Waals surface area contributed by atoms with Crippen LogP contribution >= 0.6 is 11.6 Å². The van der Waals surface area contributed by atoms with Gasteiger partial charge in [-0.05, 0) is 30.3 Å². The number of quaternary nitrogens is 1. The zero-order valence-corrected chi connectivity index (χ0v) is 25.2. The predicted octanol–water partition coefficient (Wildman–Crippen LogP) is 3.71. The topological polar surface area (TPSA) is 106 Å². The number of amides is 3. The minimum absolute atomic E-state index is 0.0112. The number of nitrogens with one attached hydrogen (secondary N) is 2. The van der Waals surface area contributed by atoms with Crippen molar-refractivity contribution in [3.05, 3.63) is 64.6 Å². The molecule has 2 N–H and O–H groups in total. The number of aromatic nitrogens is 2. The van der Waals surface area contributed by atoms with Gasteiger partial charge in [-0.1, -0.05) is 11.6 Å². The molecule has 0 aliphatic carbocycles. The number of carbonyl (C=O) groups is 3. The number of halogens is 3. The van der Waals surface area contributed by atoms with E-state index in [0.29, 0.717) is 18.8 Å². The van der Waals surface area contributed by atoms with E-state index in [9.17, 15) is 23.2 Å². The third kappa shape index (κ3) is 6.21. The molecule has 13 heteroatoms. The SMILES string of the molecule is COc1ccc(-c2cnc(C(=O)Nc3ccc(C(=O)N4CC(NC(=O)C5CC[N+](C)(C)CC5)C4)c(Cl)c3)n2C)c(F)c1F. The number of piperidine rings is 1. The Hall–Kier alpha value is -4.03. The summed E-state index contributed by atoms with van der Waals surface area (Å²) in [6.07, 6.45) is 2.98. The minimum Gasteiger partial charge on any atom is -0.494 e. The molecule has 10 nitrogen and oxygen atoms in total. The molecule has 2 saturated heterocycles. The van der Waals surface area contributed by atoms with Crippen LogP contribution in [-0.4, -0.2) is 90.1 Å². The molecular weight excluding hydrogens is 582 g/mol. The van der Waals surface area contributed by atoms with Crippen molar-refractivity contribution in [2.24, 2.45) is 13.0 Å². The van der Waals surface area contributed by atoms with Crippen LogP contribution in [0.5, 0.6) is 5.75 Å². The van der Waals surface area contributed by atoms with Gasteiger partial charge in [0.25, 0.3) is 11.8 Å². The van der Waals surface area contributed by atoms with Crippen molar-refractivity contribution < 1.29 is 32.4 Å². The van der Waals surface area contributed by atoms with Crippen molar-refractivity contribution in [1.29, 1.82) is 0 Å². The first kappa shape index (κ1) is 30.4. The van der Waals surface area contributed by atoms with Gasteiger partial charge >= 0.3 is 0 Å². The number of methoxy groups -OCH3 is 1. The predicted molar refractivity (Wildman–Crippen MR) is 157 cm³/mol. The van der Waals surface area contributed by atoms with Gasteiger partial charge in [0.15, 0.2) is 17.4 Å². The fraction of sp³-hybridized carbons (Fsp3) is 0.400. The molecule has 0 spiro atoms. The highest BCUT2D eigenvalue weighted by Gasteiger charge is 2.36. The van der Waals surface area contributed by atoms with E-state index in [0.717, 1.165) is 30.4 Å². The Morgan fingerprint density at radius 2 is 1.77 bits per heavy atom. The number of anilines is 1. The van der Waals surface area contributed by atoms with Crippen LogP contribution in [0.4, 0.5) is 14.5 Å². The second-order valence-corrected chi connectivity index (χ2v) is 12.1. The molecule has 0 atom stereocenters. The molecular formula is C30H34ClF2N6O4+. The summed E-state index contributed by atoms with van der Waals surface area (Å²) >= 11 is 6.42. The third-order valence-corrected chi connectivity index (χ3v) is 8.56. The Morgan fingerprint density at radius 1 is 1.07 bits per heavy atom. The average molecular weight is 616 g/mol. The zero-order valence-electron chi connectivity index (χ0n) is 24.4. The van der Waals surface area contributed by atoms with E-state index >= 15 is 0 Å². The van der Waals surface area contributed by atoms with E-state index in [1.807, 2.05) is 0 Å². The van der Waals surface area contributed by atoms with E-state index < -0.39 is 17.5 Å². The molecule has 43 heavy (non-hydrogen) atoms. The smallest absolute Gasteiger partial charge is 0.291 e. The third-order valence-electron chi connectivity index (χ3n) is 8.24. The molecule has 1 aromatic heterocycles. The van der Waals surface area contributed by atoms with Crippen molar-refractivity contribution >= 4 is 35.0 Å². The zero-order chi connectivity index (χ0) is 31.1. The molecule has 3 aromatic rings. The molecule has 228 valence electrons. The average Bonchev–Trinajstić information content (AvgIpc) is 3.32. The maximum Gasteiger partial charge on any atom is 0.291 e. The lowest BCUT2D eigenvalue weighted by atomic mass is 9.94. The summed E-state index contributed by atoms with van der Waals surface area (Å²) < 4.78 is 35.9. The number of ether oxygens (including phenoxy) is 1. The summed E-state index contributed by atoms with van der Waals surface area (Å²) in [5.74, 6) is -3.37. The number of imidazole rings is 1. The summed E-state index contributed by atoms with van der Waals surface area (Å²) in [7, 11) is 7.08. The minimum atomic E-state index is -1.14. The number of likely N-dealkylation sites (tertiary alicyclic amines) is 2. The fourth-order valence-electron chi connectivity index (χ4n) is 5.47. The summed E-state index contributed by atoms with van der Waals surface area (Å²) in [5, 5.41) is 5.88. The van der Waals surface area contributed by atoms with Crippen LogP contribution in [0.25, 0.3) is 11.3 Å². The van der Waals surface area contributed by atoms with Gasteiger partial charge in [0.05, 0.1) is 62.8 Å². The summed E-state index contributed by atoms with van der Waals surface area (Å²) in [6, 6.07) is 7.06. The first-order valence-electron chi connectivity index (χ1n) is 13.9. The Kier molecular flexibility index (Phi) is 8.44. The van der Waals surface area contributed by atoms with E-state index in [1.165, 1.54) is 49.2 Å². The molecule has 3 amide bonds. The first-order chi connectivity index (χ1) is 20.4. The maximum absolute atomic E-state index is 14.6. The molecule has 2 aromatic carbocycles. The van der Waals surface area contributed by atoms with E-state index in [4.69, 9.17) is 16.3 Å². The maximum atomic E-state index is 14.6. The lowest BCUT2D eigenvalue weighted by molar-refractivity contribution is -0.895. The summed E-state index contributed by atoms with van der Waals surface area (Å²) in [4.78, 5) is 44.4. The van der Waals surface area contributed by atoms with Gasteiger partial charge < -0.3 is 29.3 Å². The Morgan fingerprint density at radius 3 is 2.42 bits per heavy atom. The van der Waals surface area contributed by atoms with E-state index in [2.05, 4.69) is 29.7 Å². The quantitative estimate of drug-likeness (QED) is 0.395. The highest BCUT2D eigenvalue weighted by atomic mass is 35.5. The van der Waals surface area contributed by atoms with Crippen LogP contribution in [0.1, 0.15) is 33.8 Å². The van der Waals surface area contributed by atoms with Crippen LogP contribution in [-0.2, 0) is 11.8 Å². The fourth-order valence-corrected chi connectivity index (χ4v) is 5.73. The number of hydrogen-bond donors (Lipinski definition) is 2. The van der Waals surface area contributed by atoms with Crippen molar-refractivity contribution in [1.82, 2.24) is 19.8 Å². The Bertz CT molecular complexity index is 1580. The van der Waals surface area contributed by atoms with Gasteiger partial charge in [-0.2, -0.15) is 4.39 Å². The van der Waals surface area contributed by atoms with E-state index in [-0.39, 0.29) is 57.2 Å². The summed E-state index contributed by atoms with van der Waals surface area (Å²) in [5.41, 5.74) is 0.700. The molecule has 0 saturated carbocycles. The van der Waals surface area contributed by atoms with Crippen molar-refractivity contribution in [3.63, 3.8) is 0 Å². The molecule has 2 fully saturated rings. The number of benzene rings is 2.